The molecule has 0 aromatic carbocycles. The predicted octanol–water partition coefficient (Wildman–Crippen LogP) is 2.07. The van der Waals surface area contributed by atoms with Crippen molar-refractivity contribution in [3.05, 3.63) is 34.6 Å². The van der Waals surface area contributed by atoms with E-state index in [1.165, 1.54) is 6.08 Å². The summed E-state index contributed by atoms with van der Waals surface area (Å²) in [6.45, 7) is 0. The normalized spacial score (nSPS) is 29.7. The monoisotopic (exact) mass is 263 g/mol. The maximum absolute atomic E-state index is 12.2. The number of carbonyl (C=O) groups is 2. The summed E-state index contributed by atoms with van der Waals surface area (Å²) in [4.78, 5) is 27.9. The van der Waals surface area contributed by atoms with Gasteiger partial charge in [-0.2, -0.15) is 0 Å². The number of nitrogens with zero attached hydrogens (tertiary/aromatic N) is 1. The summed E-state index contributed by atoms with van der Waals surface area (Å²) in [5.74, 6) is -1.78. The number of fused-ring (bicyclic) bond motifs is 1. The van der Waals surface area contributed by atoms with Gasteiger partial charge in [-0.25, -0.2) is 4.99 Å². The highest BCUT2D eigenvalue weighted by Crippen LogP contribution is 2.38. The maximum Gasteiger partial charge on any atom is 0.284 e. The van der Waals surface area contributed by atoms with Crippen LogP contribution in [0.4, 0.5) is 0 Å². The van der Waals surface area contributed by atoms with Crippen molar-refractivity contribution in [1.29, 1.82) is 0 Å². The molecule has 0 radical (unpaired) electrons. The van der Waals surface area contributed by atoms with Gasteiger partial charge in [0, 0.05) is 11.0 Å². The van der Waals surface area contributed by atoms with Crippen LogP contribution in [0, 0.1) is 11.8 Å². The first-order chi connectivity index (χ1) is 8.58. The number of halogens is 1. The van der Waals surface area contributed by atoms with Crippen LogP contribution in [-0.2, 0) is 9.59 Å². The molecule has 1 atom stereocenters. The third kappa shape index (κ3) is 1.73. The molecule has 0 bridgehead atoms. The zero-order valence-electron chi connectivity index (χ0n) is 9.39. The van der Waals surface area contributed by atoms with Crippen molar-refractivity contribution in [2.45, 2.75) is 12.8 Å². The van der Waals surface area contributed by atoms with E-state index in [0.29, 0.717) is 10.7 Å². The Hall–Kier alpha value is -1.68. The van der Waals surface area contributed by atoms with Gasteiger partial charge in [-0.05, 0) is 25.0 Å². The van der Waals surface area contributed by atoms with Crippen LogP contribution in [0.3, 0.4) is 0 Å². The lowest BCUT2D eigenvalue weighted by Gasteiger charge is -2.21. The minimum absolute atomic E-state index is 0.0450. The predicted molar refractivity (Wildman–Crippen MR) is 66.4 cm³/mol. The fourth-order valence-electron chi connectivity index (χ4n) is 2.12. The fourth-order valence-corrected chi connectivity index (χ4v) is 2.30. The zero-order valence-corrected chi connectivity index (χ0v) is 10.1. The SMILES string of the molecule is O=C1N=C2C=C(Cl)C=CC2C(=O)/C1=C(/O)C1CC1. The molecule has 92 valence electrons. The van der Waals surface area contributed by atoms with Crippen molar-refractivity contribution >= 4 is 29.0 Å². The summed E-state index contributed by atoms with van der Waals surface area (Å²) < 4.78 is 0. The van der Waals surface area contributed by atoms with E-state index in [9.17, 15) is 14.7 Å². The number of carbonyl (C=O) groups excluding carboxylic acids is 2. The molecule has 0 aromatic heterocycles. The standard InChI is InChI=1S/C13H10ClNO3/c14-7-3-4-8-9(5-7)15-13(18)10(12(8)17)11(16)6-1-2-6/h3-6,8,16H,1-2H2/b11-10-. The Labute approximate surface area is 108 Å². The third-order valence-corrected chi connectivity index (χ3v) is 3.48. The van der Waals surface area contributed by atoms with Crippen LogP contribution in [0.1, 0.15) is 12.8 Å². The van der Waals surface area contributed by atoms with Crippen molar-refractivity contribution in [3.63, 3.8) is 0 Å². The molecule has 1 saturated carbocycles. The van der Waals surface area contributed by atoms with Crippen LogP contribution in [0.25, 0.3) is 0 Å². The Morgan fingerprint density at radius 2 is 2.11 bits per heavy atom. The molecule has 4 nitrogen and oxygen atoms in total. The van der Waals surface area contributed by atoms with Crippen LogP contribution in [0.15, 0.2) is 39.6 Å². The second-order valence-corrected chi connectivity index (χ2v) is 5.04. The minimum atomic E-state index is -0.660. The van der Waals surface area contributed by atoms with Crippen LogP contribution < -0.4 is 0 Å². The fraction of sp³-hybridized carbons (Fsp3) is 0.308. The molecule has 18 heavy (non-hydrogen) atoms. The zero-order chi connectivity index (χ0) is 12.9. The average molecular weight is 264 g/mol. The van der Waals surface area contributed by atoms with Crippen molar-refractivity contribution in [3.8, 4) is 0 Å². The number of aliphatic hydroxyl groups is 1. The van der Waals surface area contributed by atoms with Gasteiger partial charge < -0.3 is 5.11 Å². The number of ketones is 1. The molecule has 0 saturated heterocycles. The van der Waals surface area contributed by atoms with Gasteiger partial charge in [0.05, 0.1) is 11.6 Å². The number of amides is 1. The van der Waals surface area contributed by atoms with Crippen LogP contribution >= 0.6 is 11.6 Å². The maximum atomic E-state index is 12.2. The number of hydrogen-bond acceptors (Lipinski definition) is 3. The molecule has 1 fully saturated rings. The second-order valence-electron chi connectivity index (χ2n) is 4.61. The highest BCUT2D eigenvalue weighted by molar-refractivity contribution is 6.38. The lowest BCUT2D eigenvalue weighted by molar-refractivity contribution is -0.122. The third-order valence-electron chi connectivity index (χ3n) is 3.25. The largest absolute Gasteiger partial charge is 0.511 e. The van der Waals surface area contributed by atoms with Gasteiger partial charge in [0.2, 0.25) is 0 Å². The summed E-state index contributed by atoms with van der Waals surface area (Å²) in [6, 6.07) is 0. The Balaban J connectivity index is 2.08. The lowest BCUT2D eigenvalue weighted by atomic mass is 9.86. The first kappa shape index (κ1) is 11.4. The van der Waals surface area contributed by atoms with E-state index in [-0.39, 0.29) is 23.0 Å². The van der Waals surface area contributed by atoms with Gasteiger partial charge in [0.15, 0.2) is 5.78 Å². The number of aliphatic imine (C=N–C) groups is 1. The Morgan fingerprint density at radius 1 is 1.39 bits per heavy atom. The molecular formula is C13H10ClNO3. The number of aliphatic hydroxyl groups excluding tert-OH is 1. The van der Waals surface area contributed by atoms with Crippen molar-refractivity contribution in [2.75, 3.05) is 0 Å². The summed E-state index contributed by atoms with van der Waals surface area (Å²) in [5.41, 5.74) is 0.201. The van der Waals surface area contributed by atoms with Crippen molar-refractivity contribution in [1.82, 2.24) is 0 Å². The molecule has 1 unspecified atom stereocenters. The average Bonchev–Trinajstić information content (AvgIpc) is 3.11. The van der Waals surface area contributed by atoms with Gasteiger partial charge in [-0.3, -0.25) is 9.59 Å². The molecule has 0 spiro atoms. The summed E-state index contributed by atoms with van der Waals surface area (Å²) in [7, 11) is 0. The number of hydrogen-bond donors (Lipinski definition) is 1. The van der Waals surface area contributed by atoms with Crippen molar-refractivity contribution < 1.29 is 14.7 Å². The highest BCUT2D eigenvalue weighted by Gasteiger charge is 2.40. The van der Waals surface area contributed by atoms with Gasteiger partial charge in [0.25, 0.3) is 5.91 Å². The van der Waals surface area contributed by atoms with Gasteiger partial charge in [-0.1, -0.05) is 17.7 Å². The highest BCUT2D eigenvalue weighted by atomic mass is 35.5. The molecule has 5 heteroatoms. The topological polar surface area (TPSA) is 66.7 Å². The first-order valence-corrected chi connectivity index (χ1v) is 6.11. The molecule has 1 N–H and O–H groups in total. The minimum Gasteiger partial charge on any atom is -0.511 e. The van der Waals surface area contributed by atoms with E-state index >= 15 is 0 Å². The van der Waals surface area contributed by atoms with E-state index in [2.05, 4.69) is 4.99 Å². The lowest BCUT2D eigenvalue weighted by Crippen LogP contribution is -2.33. The number of allylic oxidation sites excluding steroid dienone is 5. The second kappa shape index (κ2) is 3.92. The molecule has 0 aromatic rings. The molecule has 1 aliphatic heterocycles. The van der Waals surface area contributed by atoms with Crippen LogP contribution in [0.5, 0.6) is 0 Å². The van der Waals surface area contributed by atoms with Gasteiger partial charge in [-0.15, -0.1) is 0 Å². The van der Waals surface area contributed by atoms with Gasteiger partial charge >= 0.3 is 0 Å². The van der Waals surface area contributed by atoms with E-state index in [1.807, 2.05) is 0 Å². The first-order valence-electron chi connectivity index (χ1n) is 5.73. The molecule has 3 aliphatic rings. The smallest absolute Gasteiger partial charge is 0.284 e. The molecular weight excluding hydrogens is 254 g/mol. The van der Waals surface area contributed by atoms with E-state index in [1.54, 1.807) is 12.2 Å². The Bertz CT molecular complexity index is 579. The Morgan fingerprint density at radius 3 is 2.78 bits per heavy atom. The van der Waals surface area contributed by atoms with Crippen LogP contribution in [0.2, 0.25) is 0 Å². The summed E-state index contributed by atoms with van der Waals surface area (Å²) >= 11 is 5.80. The molecule has 1 heterocycles. The summed E-state index contributed by atoms with van der Waals surface area (Å²) in [5, 5.41) is 10.3. The quantitative estimate of drug-likeness (QED) is 0.447. The molecule has 2 aliphatic carbocycles. The molecule has 3 rings (SSSR count). The van der Waals surface area contributed by atoms with Crippen molar-refractivity contribution in [2.24, 2.45) is 16.8 Å². The molecule has 1 amide bonds. The van der Waals surface area contributed by atoms with E-state index < -0.39 is 11.8 Å². The van der Waals surface area contributed by atoms with E-state index in [4.69, 9.17) is 11.6 Å². The van der Waals surface area contributed by atoms with Crippen LogP contribution in [-0.4, -0.2) is 22.5 Å². The van der Waals surface area contributed by atoms with Gasteiger partial charge in [0.1, 0.15) is 11.3 Å². The number of rotatable bonds is 1. The summed E-state index contributed by atoms with van der Waals surface area (Å²) in [6.07, 6.45) is 6.35. The Kier molecular flexibility index (Phi) is 2.48. The van der Waals surface area contributed by atoms with E-state index in [0.717, 1.165) is 12.8 Å². The number of Topliss-reactive ketones (excluding diaryl/α,β-unsaturated/α-hetero) is 1.